The van der Waals surface area contributed by atoms with Gasteiger partial charge in [0.25, 0.3) is 0 Å². The fourth-order valence-electron chi connectivity index (χ4n) is 1.79. The van der Waals surface area contributed by atoms with Crippen LogP contribution in [0.4, 0.5) is 0 Å². The number of aryl methyl sites for hydroxylation is 1. The van der Waals surface area contributed by atoms with Crippen LogP contribution < -0.4 is 5.32 Å². The van der Waals surface area contributed by atoms with Crippen LogP contribution in [-0.4, -0.2) is 12.0 Å². The van der Waals surface area contributed by atoms with Crippen molar-refractivity contribution in [3.8, 4) is 0 Å². The lowest BCUT2D eigenvalue weighted by Gasteiger charge is -2.16. The molecule has 1 heterocycles. The predicted octanol–water partition coefficient (Wildman–Crippen LogP) is 4.37. The first-order valence-electron chi connectivity index (χ1n) is 5.63. The van der Waals surface area contributed by atoms with Crippen molar-refractivity contribution in [2.45, 2.75) is 19.4 Å². The highest BCUT2D eigenvalue weighted by Gasteiger charge is 2.13. The number of rotatable bonds is 4. The van der Waals surface area contributed by atoms with Crippen LogP contribution in [0.2, 0.25) is 5.02 Å². The topological polar surface area (TPSA) is 24.9 Å². The van der Waals surface area contributed by atoms with Crippen LogP contribution >= 0.6 is 38.9 Å². The average molecular weight is 346 g/mol. The van der Waals surface area contributed by atoms with Crippen molar-refractivity contribution < 1.29 is 0 Å². The molecule has 18 heavy (non-hydrogen) atoms. The van der Waals surface area contributed by atoms with Gasteiger partial charge in [-0.05, 0) is 47.6 Å². The number of hydrogen-bond acceptors (Lipinski definition) is 3. The molecule has 1 atom stereocenters. The third kappa shape index (κ3) is 3.32. The molecule has 2 rings (SSSR count). The smallest absolute Gasteiger partial charge is 0.0947 e. The van der Waals surface area contributed by atoms with E-state index in [1.165, 1.54) is 5.56 Å². The van der Waals surface area contributed by atoms with Crippen LogP contribution in [0.3, 0.4) is 0 Å². The third-order valence-corrected chi connectivity index (χ3v) is 4.96. The Morgan fingerprint density at radius 3 is 2.83 bits per heavy atom. The Labute approximate surface area is 125 Å². The minimum absolute atomic E-state index is 0.237. The number of aromatic nitrogens is 1. The first-order valence-corrected chi connectivity index (χ1v) is 7.68. The Balaban J connectivity index is 2.19. The van der Waals surface area contributed by atoms with E-state index in [0.29, 0.717) is 0 Å². The zero-order valence-corrected chi connectivity index (χ0v) is 13.4. The quantitative estimate of drug-likeness (QED) is 0.890. The monoisotopic (exact) mass is 344 g/mol. The van der Waals surface area contributed by atoms with Gasteiger partial charge < -0.3 is 5.32 Å². The van der Waals surface area contributed by atoms with Crippen molar-refractivity contribution in [1.29, 1.82) is 0 Å². The highest BCUT2D eigenvalue weighted by atomic mass is 79.9. The van der Waals surface area contributed by atoms with Gasteiger partial charge in [0.05, 0.1) is 10.0 Å². The van der Waals surface area contributed by atoms with Crippen molar-refractivity contribution >= 4 is 38.9 Å². The zero-order valence-electron chi connectivity index (χ0n) is 10.2. The lowest BCUT2D eigenvalue weighted by molar-refractivity contribution is 0.590. The lowest BCUT2D eigenvalue weighted by Crippen LogP contribution is -2.18. The number of hydrogen-bond donors (Lipinski definition) is 1. The summed E-state index contributed by atoms with van der Waals surface area (Å²) in [5, 5.41) is 7.28. The van der Waals surface area contributed by atoms with E-state index in [4.69, 9.17) is 11.6 Å². The highest BCUT2D eigenvalue weighted by Crippen LogP contribution is 2.28. The second kappa shape index (κ2) is 6.15. The van der Waals surface area contributed by atoms with E-state index in [-0.39, 0.29) is 6.04 Å². The Morgan fingerprint density at radius 1 is 1.50 bits per heavy atom. The van der Waals surface area contributed by atoms with Gasteiger partial charge >= 0.3 is 0 Å². The summed E-state index contributed by atoms with van der Waals surface area (Å²) in [4.78, 5) is 4.50. The second-order valence-corrected chi connectivity index (χ2v) is 6.31. The maximum Gasteiger partial charge on any atom is 0.0947 e. The molecular formula is C13H14BrClN2S. The van der Waals surface area contributed by atoms with E-state index in [0.717, 1.165) is 26.6 Å². The van der Waals surface area contributed by atoms with Gasteiger partial charge in [0.1, 0.15) is 0 Å². The summed E-state index contributed by atoms with van der Waals surface area (Å²) in [5.41, 5.74) is 2.26. The molecule has 2 aromatic rings. The van der Waals surface area contributed by atoms with Gasteiger partial charge in [-0.2, -0.15) is 0 Å². The third-order valence-electron chi connectivity index (χ3n) is 2.74. The van der Waals surface area contributed by atoms with E-state index < -0.39 is 0 Å². The van der Waals surface area contributed by atoms with Crippen LogP contribution in [-0.2, 0) is 6.42 Å². The van der Waals surface area contributed by atoms with Gasteiger partial charge in [0, 0.05) is 28.0 Å². The number of nitrogens with one attached hydrogen (secondary N) is 1. The molecule has 2 nitrogen and oxygen atoms in total. The summed E-state index contributed by atoms with van der Waals surface area (Å²) in [6.45, 7) is 2.02. The minimum atomic E-state index is 0.237. The molecule has 0 radical (unpaired) electrons. The molecule has 1 unspecified atom stereocenters. The maximum absolute atomic E-state index is 6.13. The maximum atomic E-state index is 6.13. The molecule has 0 aliphatic rings. The summed E-state index contributed by atoms with van der Waals surface area (Å²) >= 11 is 11.2. The van der Waals surface area contributed by atoms with Crippen molar-refractivity contribution in [3.63, 3.8) is 0 Å². The molecule has 0 saturated heterocycles. The summed E-state index contributed by atoms with van der Waals surface area (Å²) < 4.78 is 0.924. The first kappa shape index (κ1) is 14.0. The molecule has 1 N–H and O–H groups in total. The van der Waals surface area contributed by atoms with E-state index in [2.05, 4.69) is 37.7 Å². The van der Waals surface area contributed by atoms with E-state index in [9.17, 15) is 0 Å². The fraction of sp³-hybridized carbons (Fsp3) is 0.308. The fourth-order valence-corrected chi connectivity index (χ4v) is 3.04. The van der Waals surface area contributed by atoms with Crippen LogP contribution in [0, 0.1) is 6.92 Å². The van der Waals surface area contributed by atoms with Crippen molar-refractivity contribution in [2.24, 2.45) is 0 Å². The SMILES string of the molecule is CNC(Cc1nc(C)cs1)c1ccc(Br)c(Cl)c1. The van der Waals surface area contributed by atoms with Crippen molar-refractivity contribution in [3.05, 3.63) is 49.3 Å². The van der Waals surface area contributed by atoms with E-state index >= 15 is 0 Å². The highest BCUT2D eigenvalue weighted by molar-refractivity contribution is 9.10. The summed E-state index contributed by atoms with van der Waals surface area (Å²) in [7, 11) is 1.96. The van der Waals surface area contributed by atoms with Crippen molar-refractivity contribution in [1.82, 2.24) is 10.3 Å². The van der Waals surface area contributed by atoms with Crippen LogP contribution in [0.1, 0.15) is 22.3 Å². The minimum Gasteiger partial charge on any atom is -0.313 e. The Morgan fingerprint density at radius 2 is 2.28 bits per heavy atom. The first-order chi connectivity index (χ1) is 8.60. The molecule has 1 aromatic carbocycles. The zero-order chi connectivity index (χ0) is 13.1. The van der Waals surface area contributed by atoms with Gasteiger partial charge in [0.15, 0.2) is 0 Å². The second-order valence-electron chi connectivity index (χ2n) is 4.10. The molecular weight excluding hydrogens is 332 g/mol. The number of benzene rings is 1. The summed E-state index contributed by atoms with van der Waals surface area (Å²) in [6.07, 6.45) is 0.882. The molecule has 96 valence electrons. The standard InChI is InChI=1S/C13H14BrClN2S/c1-8-7-18-13(17-8)6-12(16-2)9-3-4-10(14)11(15)5-9/h3-5,7,12,16H,6H2,1-2H3. The van der Waals surface area contributed by atoms with Crippen molar-refractivity contribution in [2.75, 3.05) is 7.05 Å². The lowest BCUT2D eigenvalue weighted by atomic mass is 10.0. The van der Waals surface area contributed by atoms with Crippen LogP contribution in [0.5, 0.6) is 0 Å². The van der Waals surface area contributed by atoms with Crippen LogP contribution in [0.25, 0.3) is 0 Å². The average Bonchev–Trinajstić information content (AvgIpc) is 2.75. The van der Waals surface area contributed by atoms with Gasteiger partial charge in [-0.1, -0.05) is 17.7 Å². The predicted molar refractivity (Wildman–Crippen MR) is 81.5 cm³/mol. The number of nitrogens with zero attached hydrogens (tertiary/aromatic N) is 1. The molecule has 0 amide bonds. The molecule has 1 aromatic heterocycles. The number of likely N-dealkylation sites (N-methyl/N-ethyl adjacent to an activating group) is 1. The summed E-state index contributed by atoms with van der Waals surface area (Å²) in [5.74, 6) is 0. The Hall–Kier alpha value is -0.420. The molecule has 0 saturated carbocycles. The van der Waals surface area contributed by atoms with Gasteiger partial charge in [-0.15, -0.1) is 11.3 Å². The Bertz CT molecular complexity index is 542. The largest absolute Gasteiger partial charge is 0.313 e. The molecule has 5 heteroatoms. The molecule has 0 aliphatic carbocycles. The van der Waals surface area contributed by atoms with E-state index in [1.54, 1.807) is 11.3 Å². The van der Waals surface area contributed by atoms with Crippen LogP contribution in [0.15, 0.2) is 28.1 Å². The molecule has 0 bridgehead atoms. The normalized spacial score (nSPS) is 12.7. The van der Waals surface area contributed by atoms with E-state index in [1.807, 2.05) is 26.1 Å². The van der Waals surface area contributed by atoms with Gasteiger partial charge in [-0.3, -0.25) is 0 Å². The Kier molecular flexibility index (Phi) is 4.78. The van der Waals surface area contributed by atoms with Gasteiger partial charge in [0.2, 0.25) is 0 Å². The molecule has 0 spiro atoms. The number of thiazole rings is 1. The molecule has 0 aliphatic heterocycles. The summed E-state index contributed by atoms with van der Waals surface area (Å²) in [6, 6.07) is 6.29. The van der Waals surface area contributed by atoms with Gasteiger partial charge in [-0.25, -0.2) is 4.98 Å². The molecule has 0 fully saturated rings. The number of halogens is 2.